The Morgan fingerprint density at radius 3 is 2.82 bits per heavy atom. The first-order valence-electron chi connectivity index (χ1n) is 5.98. The van der Waals surface area contributed by atoms with Crippen LogP contribution in [0.4, 0.5) is 0 Å². The number of aryl methyl sites for hydroxylation is 1. The van der Waals surface area contributed by atoms with Gasteiger partial charge in [-0.3, -0.25) is 4.79 Å². The Bertz CT molecular complexity index is 374. The Hall–Kier alpha value is -0.390. The molecule has 1 aliphatic rings. The molecule has 1 aromatic heterocycles. The average Bonchev–Trinajstić information content (AvgIpc) is 2.76. The van der Waals surface area contributed by atoms with E-state index >= 15 is 0 Å². The summed E-state index contributed by atoms with van der Waals surface area (Å²) in [5, 5.41) is 3.26. The second-order valence-electron chi connectivity index (χ2n) is 4.19. The number of piperazine rings is 1. The Balaban J connectivity index is 1.69. The number of amides is 1. The van der Waals surface area contributed by atoms with Gasteiger partial charge in [0.15, 0.2) is 0 Å². The molecule has 1 N–H and O–H groups in total. The fourth-order valence-corrected chi connectivity index (χ4v) is 3.50. The molecule has 1 aliphatic heterocycles. The van der Waals surface area contributed by atoms with Gasteiger partial charge in [-0.1, -0.05) is 0 Å². The van der Waals surface area contributed by atoms with Gasteiger partial charge in [-0.05, 0) is 40.9 Å². The second kappa shape index (κ2) is 6.52. The highest BCUT2D eigenvalue weighted by Gasteiger charge is 2.15. The Morgan fingerprint density at radius 2 is 2.18 bits per heavy atom. The minimum absolute atomic E-state index is 0.308. The molecule has 17 heavy (non-hydrogen) atoms. The number of hydrogen-bond acceptors (Lipinski definition) is 3. The van der Waals surface area contributed by atoms with Crippen molar-refractivity contribution in [3.8, 4) is 0 Å². The van der Waals surface area contributed by atoms with Crippen LogP contribution in [-0.2, 0) is 11.2 Å². The Labute approximate surface area is 114 Å². The van der Waals surface area contributed by atoms with Gasteiger partial charge in [0.2, 0.25) is 5.91 Å². The first-order valence-corrected chi connectivity index (χ1v) is 7.59. The highest BCUT2D eigenvalue weighted by Crippen LogP contribution is 2.23. The molecular formula is C12H17BrN2OS. The van der Waals surface area contributed by atoms with Crippen molar-refractivity contribution in [2.24, 2.45) is 0 Å². The van der Waals surface area contributed by atoms with Crippen molar-refractivity contribution < 1.29 is 4.79 Å². The molecule has 0 saturated carbocycles. The average molecular weight is 317 g/mol. The monoisotopic (exact) mass is 316 g/mol. The maximum absolute atomic E-state index is 11.9. The zero-order valence-electron chi connectivity index (χ0n) is 9.75. The molecule has 2 heterocycles. The third kappa shape index (κ3) is 4.08. The van der Waals surface area contributed by atoms with E-state index in [9.17, 15) is 4.79 Å². The fraction of sp³-hybridized carbons (Fsp3) is 0.583. The van der Waals surface area contributed by atoms with Crippen LogP contribution in [0.15, 0.2) is 15.9 Å². The topological polar surface area (TPSA) is 32.3 Å². The lowest BCUT2D eigenvalue weighted by molar-refractivity contribution is -0.131. The van der Waals surface area contributed by atoms with Crippen molar-refractivity contribution in [3.63, 3.8) is 0 Å². The standard InChI is InChI=1S/C12H17BrN2OS/c13-11-5-4-10(17-11)2-1-3-12(16)15-8-6-14-7-9-15/h4-5,14H,1-3,6-9H2. The number of carbonyl (C=O) groups excluding carboxylic acids is 1. The summed E-state index contributed by atoms with van der Waals surface area (Å²) in [4.78, 5) is 15.2. The van der Waals surface area contributed by atoms with Crippen LogP contribution < -0.4 is 5.32 Å². The molecule has 0 unspecified atom stereocenters. The molecule has 2 rings (SSSR count). The van der Waals surface area contributed by atoms with E-state index < -0.39 is 0 Å². The van der Waals surface area contributed by atoms with Gasteiger partial charge in [-0.2, -0.15) is 0 Å². The predicted octanol–water partition coefficient (Wildman–Crippen LogP) is 2.27. The third-order valence-electron chi connectivity index (χ3n) is 2.91. The van der Waals surface area contributed by atoms with Gasteiger partial charge in [-0.15, -0.1) is 11.3 Å². The number of nitrogens with one attached hydrogen (secondary N) is 1. The number of rotatable bonds is 4. The van der Waals surface area contributed by atoms with Gasteiger partial charge in [0, 0.05) is 37.5 Å². The SMILES string of the molecule is O=C(CCCc1ccc(Br)s1)N1CCNCC1. The number of carbonyl (C=O) groups is 1. The smallest absolute Gasteiger partial charge is 0.222 e. The first-order chi connectivity index (χ1) is 8.25. The molecule has 3 nitrogen and oxygen atoms in total. The van der Waals surface area contributed by atoms with E-state index in [2.05, 4.69) is 33.4 Å². The van der Waals surface area contributed by atoms with Crippen molar-refractivity contribution in [2.45, 2.75) is 19.3 Å². The largest absolute Gasteiger partial charge is 0.340 e. The zero-order valence-corrected chi connectivity index (χ0v) is 12.1. The van der Waals surface area contributed by atoms with Crippen molar-refractivity contribution in [3.05, 3.63) is 20.8 Å². The molecule has 0 spiro atoms. The van der Waals surface area contributed by atoms with Crippen molar-refractivity contribution in [1.29, 1.82) is 0 Å². The molecule has 0 aliphatic carbocycles. The van der Waals surface area contributed by atoms with Crippen molar-refractivity contribution in [2.75, 3.05) is 26.2 Å². The van der Waals surface area contributed by atoms with Crippen LogP contribution in [0.25, 0.3) is 0 Å². The lowest BCUT2D eigenvalue weighted by atomic mass is 10.2. The highest BCUT2D eigenvalue weighted by molar-refractivity contribution is 9.11. The summed E-state index contributed by atoms with van der Waals surface area (Å²) in [6, 6.07) is 4.20. The molecule has 1 saturated heterocycles. The normalized spacial score (nSPS) is 16.2. The molecule has 0 bridgehead atoms. The maximum Gasteiger partial charge on any atom is 0.222 e. The zero-order chi connectivity index (χ0) is 12.1. The van der Waals surface area contributed by atoms with Crippen LogP contribution >= 0.6 is 27.3 Å². The minimum Gasteiger partial charge on any atom is -0.340 e. The van der Waals surface area contributed by atoms with Gasteiger partial charge >= 0.3 is 0 Å². The lowest BCUT2D eigenvalue weighted by Crippen LogP contribution is -2.46. The van der Waals surface area contributed by atoms with E-state index in [1.807, 2.05) is 4.90 Å². The van der Waals surface area contributed by atoms with Crippen molar-refractivity contribution in [1.82, 2.24) is 10.2 Å². The molecule has 0 atom stereocenters. The van der Waals surface area contributed by atoms with Crippen LogP contribution in [0.3, 0.4) is 0 Å². The van der Waals surface area contributed by atoms with Crippen LogP contribution in [0.1, 0.15) is 17.7 Å². The number of hydrogen-bond donors (Lipinski definition) is 1. The predicted molar refractivity (Wildman–Crippen MR) is 74.4 cm³/mol. The fourth-order valence-electron chi connectivity index (χ4n) is 1.97. The Morgan fingerprint density at radius 1 is 1.41 bits per heavy atom. The summed E-state index contributed by atoms with van der Waals surface area (Å²) in [7, 11) is 0. The highest BCUT2D eigenvalue weighted by atomic mass is 79.9. The van der Waals surface area contributed by atoms with E-state index in [1.54, 1.807) is 11.3 Å². The second-order valence-corrected chi connectivity index (χ2v) is 6.74. The quantitative estimate of drug-likeness (QED) is 0.924. The van der Waals surface area contributed by atoms with Crippen LogP contribution in [-0.4, -0.2) is 37.0 Å². The molecule has 1 amide bonds. The van der Waals surface area contributed by atoms with Crippen LogP contribution in [0.2, 0.25) is 0 Å². The third-order valence-corrected chi connectivity index (χ3v) is 4.60. The van der Waals surface area contributed by atoms with Gasteiger partial charge in [-0.25, -0.2) is 0 Å². The first kappa shape index (κ1) is 13.1. The van der Waals surface area contributed by atoms with Crippen LogP contribution in [0.5, 0.6) is 0 Å². The molecule has 0 radical (unpaired) electrons. The molecule has 1 aromatic rings. The van der Waals surface area contributed by atoms with E-state index in [0.29, 0.717) is 12.3 Å². The van der Waals surface area contributed by atoms with Crippen LogP contribution in [0, 0.1) is 0 Å². The summed E-state index contributed by atoms with van der Waals surface area (Å²) in [5.74, 6) is 0.308. The summed E-state index contributed by atoms with van der Waals surface area (Å²) in [6.45, 7) is 3.60. The van der Waals surface area contributed by atoms with Gasteiger partial charge < -0.3 is 10.2 Å². The van der Waals surface area contributed by atoms with Crippen molar-refractivity contribution >= 4 is 33.2 Å². The van der Waals surface area contributed by atoms with E-state index in [-0.39, 0.29) is 0 Å². The van der Waals surface area contributed by atoms with E-state index in [4.69, 9.17) is 0 Å². The van der Waals surface area contributed by atoms with Gasteiger partial charge in [0.1, 0.15) is 0 Å². The maximum atomic E-state index is 11.9. The molecular weight excluding hydrogens is 300 g/mol. The van der Waals surface area contributed by atoms with Gasteiger partial charge in [0.05, 0.1) is 3.79 Å². The number of thiophene rings is 1. The molecule has 1 fully saturated rings. The van der Waals surface area contributed by atoms with E-state index in [0.717, 1.165) is 39.0 Å². The Kier molecular flexibility index (Phi) is 5.00. The summed E-state index contributed by atoms with van der Waals surface area (Å²) in [5.41, 5.74) is 0. The number of halogens is 1. The molecule has 94 valence electrons. The molecule has 5 heteroatoms. The summed E-state index contributed by atoms with van der Waals surface area (Å²) in [6.07, 6.45) is 2.64. The number of nitrogens with zero attached hydrogens (tertiary/aromatic N) is 1. The summed E-state index contributed by atoms with van der Waals surface area (Å²) < 4.78 is 1.17. The lowest BCUT2D eigenvalue weighted by Gasteiger charge is -2.27. The minimum atomic E-state index is 0.308. The van der Waals surface area contributed by atoms with Gasteiger partial charge in [0.25, 0.3) is 0 Å². The summed E-state index contributed by atoms with van der Waals surface area (Å²) >= 11 is 5.21. The van der Waals surface area contributed by atoms with E-state index in [1.165, 1.54) is 8.66 Å². The molecule has 0 aromatic carbocycles.